The Hall–Kier alpha value is -0.900. The van der Waals surface area contributed by atoms with E-state index in [0.29, 0.717) is 4.47 Å². The Labute approximate surface area is 96.0 Å². The summed E-state index contributed by atoms with van der Waals surface area (Å²) in [6.07, 6.45) is 2.01. The SMILES string of the molecule is Cc1cc(C(=O)NC2CC2)c(F)cc1Br. The van der Waals surface area contributed by atoms with Crippen LogP contribution in [0, 0.1) is 12.7 Å². The summed E-state index contributed by atoms with van der Waals surface area (Å²) >= 11 is 3.22. The van der Waals surface area contributed by atoms with Crippen LogP contribution in [0.1, 0.15) is 28.8 Å². The van der Waals surface area contributed by atoms with E-state index in [1.54, 1.807) is 6.07 Å². The second-order valence-corrected chi connectivity index (χ2v) is 4.68. The molecule has 0 radical (unpaired) electrons. The summed E-state index contributed by atoms with van der Waals surface area (Å²) in [4.78, 5) is 11.6. The van der Waals surface area contributed by atoms with Gasteiger partial charge in [-0.1, -0.05) is 15.9 Å². The largest absolute Gasteiger partial charge is 0.349 e. The summed E-state index contributed by atoms with van der Waals surface area (Å²) in [5, 5.41) is 2.76. The van der Waals surface area contributed by atoms with E-state index in [2.05, 4.69) is 21.2 Å². The Morgan fingerprint density at radius 2 is 2.20 bits per heavy atom. The molecule has 0 bridgehead atoms. The van der Waals surface area contributed by atoms with E-state index in [1.807, 2.05) is 6.92 Å². The topological polar surface area (TPSA) is 29.1 Å². The van der Waals surface area contributed by atoms with E-state index in [1.165, 1.54) is 6.07 Å². The number of nitrogens with one attached hydrogen (secondary N) is 1. The molecule has 0 atom stereocenters. The molecular weight excluding hydrogens is 261 g/mol. The van der Waals surface area contributed by atoms with Gasteiger partial charge < -0.3 is 5.32 Å². The molecule has 1 amide bonds. The molecule has 2 nitrogen and oxygen atoms in total. The average Bonchev–Trinajstić information content (AvgIpc) is 2.95. The second kappa shape index (κ2) is 3.93. The average molecular weight is 272 g/mol. The summed E-state index contributed by atoms with van der Waals surface area (Å²) in [7, 11) is 0. The van der Waals surface area contributed by atoms with Crippen molar-refractivity contribution in [1.29, 1.82) is 0 Å². The van der Waals surface area contributed by atoms with Crippen molar-refractivity contribution in [3.05, 3.63) is 33.5 Å². The van der Waals surface area contributed by atoms with Gasteiger partial charge in [-0.25, -0.2) is 4.39 Å². The van der Waals surface area contributed by atoms with Gasteiger partial charge in [-0.15, -0.1) is 0 Å². The van der Waals surface area contributed by atoms with Gasteiger partial charge >= 0.3 is 0 Å². The number of halogens is 2. The third kappa shape index (κ3) is 2.37. The Morgan fingerprint density at radius 3 is 2.80 bits per heavy atom. The quantitative estimate of drug-likeness (QED) is 0.881. The zero-order chi connectivity index (χ0) is 11.0. The molecule has 0 aliphatic heterocycles. The van der Waals surface area contributed by atoms with Gasteiger partial charge in [0.15, 0.2) is 0 Å². The van der Waals surface area contributed by atoms with Gasteiger partial charge in [-0.3, -0.25) is 4.79 Å². The normalized spacial score (nSPS) is 15.1. The van der Waals surface area contributed by atoms with Crippen LogP contribution in [0.2, 0.25) is 0 Å². The molecule has 1 aromatic carbocycles. The molecule has 1 aliphatic rings. The van der Waals surface area contributed by atoms with Crippen LogP contribution >= 0.6 is 15.9 Å². The van der Waals surface area contributed by atoms with E-state index in [9.17, 15) is 9.18 Å². The highest BCUT2D eigenvalue weighted by molar-refractivity contribution is 9.10. The van der Waals surface area contributed by atoms with Crippen molar-refractivity contribution < 1.29 is 9.18 Å². The molecule has 0 aromatic heterocycles. The van der Waals surface area contributed by atoms with Gasteiger partial charge in [0.1, 0.15) is 5.82 Å². The third-order valence-corrected chi connectivity index (χ3v) is 3.26. The first kappa shape index (κ1) is 10.6. The van der Waals surface area contributed by atoms with Gasteiger partial charge in [0.05, 0.1) is 5.56 Å². The van der Waals surface area contributed by atoms with Gasteiger partial charge in [0, 0.05) is 10.5 Å². The molecule has 0 saturated heterocycles. The first-order valence-electron chi connectivity index (χ1n) is 4.84. The Kier molecular flexibility index (Phi) is 2.78. The molecule has 0 spiro atoms. The van der Waals surface area contributed by atoms with E-state index >= 15 is 0 Å². The minimum Gasteiger partial charge on any atom is -0.349 e. The number of hydrogen-bond acceptors (Lipinski definition) is 1. The lowest BCUT2D eigenvalue weighted by molar-refractivity contribution is 0.0947. The molecule has 0 unspecified atom stereocenters. The minimum absolute atomic E-state index is 0.127. The molecule has 4 heteroatoms. The first-order chi connectivity index (χ1) is 7.08. The molecule has 1 aromatic rings. The molecule has 1 saturated carbocycles. The van der Waals surface area contributed by atoms with E-state index in [0.717, 1.165) is 18.4 Å². The highest BCUT2D eigenvalue weighted by Crippen LogP contribution is 2.23. The Morgan fingerprint density at radius 1 is 1.53 bits per heavy atom. The van der Waals surface area contributed by atoms with Crippen LogP contribution in [0.4, 0.5) is 4.39 Å². The maximum absolute atomic E-state index is 13.5. The number of hydrogen-bond donors (Lipinski definition) is 1. The van der Waals surface area contributed by atoms with Crippen LogP contribution in [0.15, 0.2) is 16.6 Å². The van der Waals surface area contributed by atoms with Crippen LogP contribution in [0.5, 0.6) is 0 Å². The van der Waals surface area contributed by atoms with Gasteiger partial charge in [-0.05, 0) is 37.5 Å². The summed E-state index contributed by atoms with van der Waals surface area (Å²) in [5.74, 6) is -0.795. The minimum atomic E-state index is -0.481. The smallest absolute Gasteiger partial charge is 0.254 e. The van der Waals surface area contributed by atoms with Crippen LogP contribution < -0.4 is 5.32 Å². The number of aryl methyl sites for hydroxylation is 1. The Balaban J connectivity index is 2.25. The van der Waals surface area contributed by atoms with Crippen molar-refractivity contribution in [2.45, 2.75) is 25.8 Å². The fourth-order valence-corrected chi connectivity index (χ4v) is 1.64. The van der Waals surface area contributed by atoms with Crippen LogP contribution in [0.3, 0.4) is 0 Å². The summed E-state index contributed by atoms with van der Waals surface area (Å²) in [6.45, 7) is 1.83. The number of carbonyl (C=O) groups excluding carboxylic acids is 1. The molecule has 2 rings (SSSR count). The number of benzene rings is 1. The van der Waals surface area contributed by atoms with Crippen molar-refractivity contribution in [3.8, 4) is 0 Å². The number of amides is 1. The van der Waals surface area contributed by atoms with E-state index in [-0.39, 0.29) is 17.5 Å². The number of carbonyl (C=O) groups is 1. The lowest BCUT2D eigenvalue weighted by Crippen LogP contribution is -2.26. The van der Waals surface area contributed by atoms with Crippen molar-refractivity contribution in [3.63, 3.8) is 0 Å². The lowest BCUT2D eigenvalue weighted by Gasteiger charge is -2.06. The van der Waals surface area contributed by atoms with Crippen LogP contribution in [-0.2, 0) is 0 Å². The van der Waals surface area contributed by atoms with Crippen LogP contribution in [-0.4, -0.2) is 11.9 Å². The fraction of sp³-hybridized carbons (Fsp3) is 0.364. The molecule has 0 heterocycles. The fourth-order valence-electron chi connectivity index (χ4n) is 1.32. The predicted molar refractivity (Wildman–Crippen MR) is 59.3 cm³/mol. The molecule has 80 valence electrons. The van der Waals surface area contributed by atoms with Gasteiger partial charge in [-0.2, -0.15) is 0 Å². The van der Waals surface area contributed by atoms with Crippen molar-refractivity contribution in [1.82, 2.24) is 5.32 Å². The zero-order valence-corrected chi connectivity index (χ0v) is 9.90. The summed E-state index contributed by atoms with van der Waals surface area (Å²) in [5.41, 5.74) is 0.986. The second-order valence-electron chi connectivity index (χ2n) is 3.83. The summed E-state index contributed by atoms with van der Waals surface area (Å²) in [6, 6.07) is 3.15. The lowest BCUT2D eigenvalue weighted by atomic mass is 10.1. The van der Waals surface area contributed by atoms with Crippen LogP contribution in [0.25, 0.3) is 0 Å². The zero-order valence-electron chi connectivity index (χ0n) is 8.31. The van der Waals surface area contributed by atoms with Gasteiger partial charge in [0.2, 0.25) is 0 Å². The van der Waals surface area contributed by atoms with Crippen molar-refractivity contribution >= 4 is 21.8 Å². The standard InChI is InChI=1S/C11H11BrFNO/c1-6-4-8(10(13)5-9(6)12)11(15)14-7-2-3-7/h4-5,7H,2-3H2,1H3,(H,14,15). The Bertz CT molecular complexity index is 415. The molecule has 15 heavy (non-hydrogen) atoms. The van der Waals surface area contributed by atoms with Crippen molar-refractivity contribution in [2.75, 3.05) is 0 Å². The highest BCUT2D eigenvalue weighted by atomic mass is 79.9. The molecular formula is C11H11BrFNO. The first-order valence-corrected chi connectivity index (χ1v) is 5.63. The summed E-state index contributed by atoms with van der Waals surface area (Å²) < 4.78 is 14.1. The van der Waals surface area contributed by atoms with E-state index in [4.69, 9.17) is 0 Å². The molecule has 1 N–H and O–H groups in total. The highest BCUT2D eigenvalue weighted by Gasteiger charge is 2.25. The predicted octanol–water partition coefficient (Wildman–Crippen LogP) is 2.79. The van der Waals surface area contributed by atoms with E-state index < -0.39 is 5.82 Å². The molecule has 1 aliphatic carbocycles. The molecule has 1 fully saturated rings. The monoisotopic (exact) mass is 271 g/mol. The number of rotatable bonds is 2. The maximum atomic E-state index is 13.5. The third-order valence-electron chi connectivity index (χ3n) is 2.41. The maximum Gasteiger partial charge on any atom is 0.254 e. The van der Waals surface area contributed by atoms with Gasteiger partial charge in [0.25, 0.3) is 5.91 Å². The van der Waals surface area contributed by atoms with Crippen molar-refractivity contribution in [2.24, 2.45) is 0 Å².